The van der Waals surface area contributed by atoms with Gasteiger partial charge < -0.3 is 16.0 Å². The predicted molar refractivity (Wildman–Crippen MR) is 84.4 cm³/mol. The second-order valence-corrected chi connectivity index (χ2v) is 5.32. The van der Waals surface area contributed by atoms with Crippen molar-refractivity contribution in [1.29, 1.82) is 0 Å². The highest BCUT2D eigenvalue weighted by Gasteiger charge is 2.05. The lowest BCUT2D eigenvalue weighted by Crippen LogP contribution is -2.25. The van der Waals surface area contributed by atoms with E-state index in [1.165, 1.54) is 6.07 Å². The van der Waals surface area contributed by atoms with E-state index in [2.05, 4.69) is 24.1 Å². The molecule has 18 heavy (non-hydrogen) atoms. The van der Waals surface area contributed by atoms with Crippen molar-refractivity contribution in [3.05, 3.63) is 21.5 Å². The number of nitrogens with zero attached hydrogens (tertiary/aromatic N) is 1. The molecule has 1 aromatic carbocycles. The third kappa shape index (κ3) is 4.61. The van der Waals surface area contributed by atoms with Crippen LogP contribution in [0.15, 0.2) is 12.1 Å². The summed E-state index contributed by atoms with van der Waals surface area (Å²) in [5.74, 6) is -0.226. The van der Waals surface area contributed by atoms with Gasteiger partial charge in [-0.25, -0.2) is 4.39 Å². The minimum atomic E-state index is -0.226. The monoisotopic (exact) mass is 365 g/mol. The highest BCUT2D eigenvalue weighted by atomic mass is 127. The molecule has 0 unspecified atom stereocenters. The molecule has 0 saturated carbocycles. The van der Waals surface area contributed by atoms with Crippen molar-refractivity contribution in [3.63, 3.8) is 0 Å². The van der Waals surface area contributed by atoms with Gasteiger partial charge in [-0.05, 0) is 54.7 Å². The normalized spacial score (nSPS) is 10.9. The Labute approximate surface area is 122 Å². The fourth-order valence-electron chi connectivity index (χ4n) is 1.78. The molecule has 1 aromatic rings. The number of rotatable bonds is 7. The summed E-state index contributed by atoms with van der Waals surface area (Å²) in [6, 6.07) is 3.12. The minimum Gasteiger partial charge on any atom is -0.397 e. The summed E-state index contributed by atoms with van der Waals surface area (Å²) in [6.07, 6.45) is 1.02. The Morgan fingerprint density at radius 1 is 1.33 bits per heavy atom. The number of nitrogens with two attached hydrogens (primary N) is 1. The quantitative estimate of drug-likeness (QED) is 0.443. The lowest BCUT2D eigenvalue weighted by atomic mass is 10.2. The zero-order chi connectivity index (χ0) is 13.5. The summed E-state index contributed by atoms with van der Waals surface area (Å²) in [5, 5.41) is 3.19. The average Bonchev–Trinajstić information content (AvgIpc) is 2.35. The maximum absolute atomic E-state index is 13.4. The molecule has 0 aromatic heterocycles. The Morgan fingerprint density at radius 3 is 2.61 bits per heavy atom. The molecular formula is C13H21FIN3. The Morgan fingerprint density at radius 2 is 2.00 bits per heavy atom. The van der Waals surface area contributed by atoms with Crippen LogP contribution < -0.4 is 11.1 Å². The molecule has 0 amide bonds. The molecule has 1 rings (SSSR count). The van der Waals surface area contributed by atoms with Crippen molar-refractivity contribution < 1.29 is 4.39 Å². The SMILES string of the molecule is CCN(CC)CCCNc1cc(F)c(I)cc1N. The van der Waals surface area contributed by atoms with Crippen LogP contribution >= 0.6 is 22.6 Å². The predicted octanol–water partition coefficient (Wildman–Crippen LogP) is 3.16. The average molecular weight is 365 g/mol. The second kappa shape index (κ2) is 7.78. The molecule has 0 atom stereocenters. The van der Waals surface area contributed by atoms with E-state index >= 15 is 0 Å². The van der Waals surface area contributed by atoms with Crippen LogP contribution in [0.3, 0.4) is 0 Å². The first-order chi connectivity index (χ1) is 8.58. The highest BCUT2D eigenvalue weighted by Crippen LogP contribution is 2.23. The van der Waals surface area contributed by atoms with E-state index in [0.29, 0.717) is 14.9 Å². The van der Waals surface area contributed by atoms with E-state index in [0.717, 1.165) is 32.6 Å². The number of nitrogens with one attached hydrogen (secondary N) is 1. The number of anilines is 2. The van der Waals surface area contributed by atoms with Crippen LogP contribution in [-0.4, -0.2) is 31.1 Å². The summed E-state index contributed by atoms with van der Waals surface area (Å²) in [4.78, 5) is 2.36. The lowest BCUT2D eigenvalue weighted by Gasteiger charge is -2.18. The molecule has 0 heterocycles. The van der Waals surface area contributed by atoms with Gasteiger partial charge >= 0.3 is 0 Å². The van der Waals surface area contributed by atoms with Gasteiger partial charge in [0.1, 0.15) is 5.82 Å². The van der Waals surface area contributed by atoms with Crippen molar-refractivity contribution in [2.45, 2.75) is 20.3 Å². The summed E-state index contributed by atoms with van der Waals surface area (Å²) < 4.78 is 13.9. The third-order valence-corrected chi connectivity index (χ3v) is 3.78. The van der Waals surface area contributed by atoms with Gasteiger partial charge in [0.15, 0.2) is 0 Å². The summed E-state index contributed by atoms with van der Waals surface area (Å²) in [5.41, 5.74) is 7.13. The van der Waals surface area contributed by atoms with Gasteiger partial charge in [-0.1, -0.05) is 13.8 Å². The Bertz CT molecular complexity index is 381. The smallest absolute Gasteiger partial charge is 0.138 e. The number of halogens is 2. The minimum absolute atomic E-state index is 0.226. The Balaban J connectivity index is 2.42. The molecule has 0 aliphatic carbocycles. The zero-order valence-corrected chi connectivity index (χ0v) is 13.1. The fraction of sp³-hybridized carbons (Fsp3) is 0.538. The van der Waals surface area contributed by atoms with E-state index in [4.69, 9.17) is 5.73 Å². The van der Waals surface area contributed by atoms with Gasteiger partial charge in [0.25, 0.3) is 0 Å². The summed E-state index contributed by atoms with van der Waals surface area (Å²) in [7, 11) is 0. The molecule has 0 saturated heterocycles. The highest BCUT2D eigenvalue weighted by molar-refractivity contribution is 14.1. The number of hydrogen-bond acceptors (Lipinski definition) is 3. The van der Waals surface area contributed by atoms with Crippen LogP contribution in [0.5, 0.6) is 0 Å². The Hall–Kier alpha value is -0.560. The first-order valence-electron chi connectivity index (χ1n) is 6.29. The lowest BCUT2D eigenvalue weighted by molar-refractivity contribution is 0.303. The van der Waals surface area contributed by atoms with Crippen LogP contribution in [0, 0.1) is 9.39 Å². The van der Waals surface area contributed by atoms with Crippen molar-refractivity contribution >= 4 is 34.0 Å². The van der Waals surface area contributed by atoms with Gasteiger partial charge in [0.05, 0.1) is 14.9 Å². The van der Waals surface area contributed by atoms with Crippen LogP contribution in [0.2, 0.25) is 0 Å². The van der Waals surface area contributed by atoms with Crippen LogP contribution in [-0.2, 0) is 0 Å². The van der Waals surface area contributed by atoms with Crippen LogP contribution in [0.4, 0.5) is 15.8 Å². The van der Waals surface area contributed by atoms with Gasteiger partial charge in [-0.3, -0.25) is 0 Å². The van der Waals surface area contributed by atoms with Gasteiger partial charge in [-0.2, -0.15) is 0 Å². The summed E-state index contributed by atoms with van der Waals surface area (Å²) in [6.45, 7) is 8.30. The molecule has 102 valence electrons. The number of hydrogen-bond donors (Lipinski definition) is 2. The zero-order valence-electron chi connectivity index (χ0n) is 11.0. The van der Waals surface area contributed by atoms with Crippen molar-refractivity contribution in [1.82, 2.24) is 4.90 Å². The molecule has 5 heteroatoms. The van der Waals surface area contributed by atoms with E-state index < -0.39 is 0 Å². The first kappa shape index (κ1) is 15.5. The number of benzene rings is 1. The molecular weight excluding hydrogens is 344 g/mol. The van der Waals surface area contributed by atoms with E-state index in [1.807, 2.05) is 22.6 Å². The van der Waals surface area contributed by atoms with Crippen LogP contribution in [0.1, 0.15) is 20.3 Å². The molecule has 0 aliphatic heterocycles. The van der Waals surface area contributed by atoms with Crippen molar-refractivity contribution in [3.8, 4) is 0 Å². The maximum Gasteiger partial charge on any atom is 0.138 e. The molecule has 0 aliphatic rings. The third-order valence-electron chi connectivity index (χ3n) is 2.95. The van der Waals surface area contributed by atoms with E-state index in [1.54, 1.807) is 6.07 Å². The maximum atomic E-state index is 13.4. The molecule has 0 bridgehead atoms. The van der Waals surface area contributed by atoms with E-state index in [-0.39, 0.29) is 5.82 Å². The molecule has 0 spiro atoms. The molecule has 3 nitrogen and oxygen atoms in total. The van der Waals surface area contributed by atoms with Gasteiger partial charge in [-0.15, -0.1) is 0 Å². The Kier molecular flexibility index (Phi) is 6.70. The van der Waals surface area contributed by atoms with Crippen molar-refractivity contribution in [2.75, 3.05) is 37.2 Å². The van der Waals surface area contributed by atoms with Crippen LogP contribution in [0.25, 0.3) is 0 Å². The molecule has 0 fully saturated rings. The first-order valence-corrected chi connectivity index (χ1v) is 7.37. The van der Waals surface area contributed by atoms with Gasteiger partial charge in [0, 0.05) is 12.6 Å². The van der Waals surface area contributed by atoms with Crippen molar-refractivity contribution in [2.24, 2.45) is 0 Å². The molecule has 0 radical (unpaired) electrons. The standard InChI is InChI=1S/C13H21FIN3/c1-3-18(4-2)7-5-6-17-13-8-10(14)11(15)9-12(13)16/h8-9,17H,3-7,16H2,1-2H3. The van der Waals surface area contributed by atoms with Gasteiger partial charge in [0.2, 0.25) is 0 Å². The summed E-state index contributed by atoms with van der Waals surface area (Å²) >= 11 is 1.94. The van der Waals surface area contributed by atoms with E-state index in [9.17, 15) is 4.39 Å². The molecule has 3 N–H and O–H groups in total. The fourth-order valence-corrected chi connectivity index (χ4v) is 2.27. The largest absolute Gasteiger partial charge is 0.397 e. The number of nitrogen functional groups attached to an aromatic ring is 1. The second-order valence-electron chi connectivity index (χ2n) is 4.16. The topological polar surface area (TPSA) is 41.3 Å².